The summed E-state index contributed by atoms with van der Waals surface area (Å²) in [6.07, 6.45) is 5.87. The van der Waals surface area contributed by atoms with Crippen molar-refractivity contribution < 1.29 is 4.39 Å². The molecule has 1 aliphatic rings. The maximum absolute atomic E-state index is 13.2. The summed E-state index contributed by atoms with van der Waals surface area (Å²) in [4.78, 5) is 26.6. The van der Waals surface area contributed by atoms with E-state index >= 15 is 0 Å². The molecule has 1 aromatic heterocycles. The van der Waals surface area contributed by atoms with Crippen molar-refractivity contribution in [3.05, 3.63) is 68.2 Å². The highest BCUT2D eigenvalue weighted by molar-refractivity contribution is 5.16. The highest BCUT2D eigenvalue weighted by Crippen LogP contribution is 2.25. The van der Waals surface area contributed by atoms with Gasteiger partial charge in [-0.15, -0.1) is 0 Å². The fourth-order valence-corrected chi connectivity index (χ4v) is 3.72. The summed E-state index contributed by atoms with van der Waals surface area (Å²) in [5, 5.41) is 0. The normalized spacial score (nSPS) is 15.5. The van der Waals surface area contributed by atoms with Gasteiger partial charge in [0.25, 0.3) is 5.56 Å². The molecule has 0 unspecified atom stereocenters. The van der Waals surface area contributed by atoms with Crippen LogP contribution in [0.3, 0.4) is 0 Å². The SMILES string of the molecule is Cn1c(CN(Cc2ccc(F)cc2)C2CCCCC2)cc(=O)n(C)c1=O. The lowest BCUT2D eigenvalue weighted by atomic mass is 9.93. The molecule has 0 saturated heterocycles. The van der Waals surface area contributed by atoms with Gasteiger partial charge in [0.15, 0.2) is 0 Å². The van der Waals surface area contributed by atoms with Crippen molar-refractivity contribution in [2.24, 2.45) is 14.1 Å². The van der Waals surface area contributed by atoms with E-state index in [1.165, 1.54) is 38.4 Å². The smallest absolute Gasteiger partial charge is 0.299 e. The van der Waals surface area contributed by atoms with Gasteiger partial charge in [-0.2, -0.15) is 0 Å². The zero-order valence-corrected chi connectivity index (χ0v) is 15.4. The Kier molecular flexibility index (Phi) is 5.71. The van der Waals surface area contributed by atoms with E-state index in [9.17, 15) is 14.0 Å². The third kappa shape index (κ3) is 4.12. The van der Waals surface area contributed by atoms with Crippen LogP contribution in [0.1, 0.15) is 43.4 Å². The van der Waals surface area contributed by atoms with E-state index < -0.39 is 0 Å². The third-order valence-electron chi connectivity index (χ3n) is 5.38. The van der Waals surface area contributed by atoms with Crippen LogP contribution in [0, 0.1) is 5.82 Å². The molecule has 0 radical (unpaired) electrons. The van der Waals surface area contributed by atoms with E-state index in [-0.39, 0.29) is 17.1 Å². The average Bonchev–Trinajstić information content (AvgIpc) is 2.66. The second-order valence-corrected chi connectivity index (χ2v) is 7.20. The summed E-state index contributed by atoms with van der Waals surface area (Å²) in [7, 11) is 3.19. The Morgan fingerprint density at radius 3 is 2.31 bits per heavy atom. The number of nitrogens with zero attached hydrogens (tertiary/aromatic N) is 3. The average molecular weight is 359 g/mol. The minimum atomic E-state index is -0.308. The molecule has 2 aromatic rings. The lowest BCUT2D eigenvalue weighted by Gasteiger charge is -2.34. The van der Waals surface area contributed by atoms with E-state index in [1.54, 1.807) is 29.8 Å². The van der Waals surface area contributed by atoms with E-state index in [1.807, 2.05) is 0 Å². The highest BCUT2D eigenvalue weighted by Gasteiger charge is 2.22. The van der Waals surface area contributed by atoms with E-state index in [0.29, 0.717) is 24.8 Å². The molecule has 140 valence electrons. The van der Waals surface area contributed by atoms with Gasteiger partial charge in [-0.1, -0.05) is 31.4 Å². The number of hydrogen-bond donors (Lipinski definition) is 0. The molecule has 1 saturated carbocycles. The Bertz CT molecular complexity index is 864. The quantitative estimate of drug-likeness (QED) is 0.824. The topological polar surface area (TPSA) is 47.2 Å². The minimum Gasteiger partial charge on any atom is -0.299 e. The Balaban J connectivity index is 1.89. The largest absolute Gasteiger partial charge is 0.330 e. The van der Waals surface area contributed by atoms with Crippen LogP contribution in [0.25, 0.3) is 0 Å². The maximum atomic E-state index is 13.2. The monoisotopic (exact) mass is 359 g/mol. The van der Waals surface area contributed by atoms with E-state index in [4.69, 9.17) is 0 Å². The lowest BCUT2D eigenvalue weighted by Crippen LogP contribution is -2.41. The van der Waals surface area contributed by atoms with Crippen LogP contribution in [0.4, 0.5) is 4.39 Å². The molecule has 0 amide bonds. The number of benzene rings is 1. The molecular formula is C20H26FN3O2. The van der Waals surface area contributed by atoms with Crippen LogP contribution in [0.5, 0.6) is 0 Å². The first-order valence-corrected chi connectivity index (χ1v) is 9.20. The molecule has 0 atom stereocenters. The third-order valence-corrected chi connectivity index (χ3v) is 5.38. The van der Waals surface area contributed by atoms with Crippen LogP contribution in [0.2, 0.25) is 0 Å². The molecule has 1 heterocycles. The predicted octanol–water partition coefficient (Wildman–Crippen LogP) is 2.56. The number of aromatic nitrogens is 2. The molecule has 1 aromatic carbocycles. The number of halogens is 1. The molecule has 0 spiro atoms. The Hall–Kier alpha value is -2.21. The van der Waals surface area contributed by atoms with Gasteiger partial charge in [-0.25, -0.2) is 9.18 Å². The van der Waals surface area contributed by atoms with E-state index in [0.717, 1.165) is 23.0 Å². The lowest BCUT2D eigenvalue weighted by molar-refractivity contribution is 0.136. The molecule has 5 nitrogen and oxygen atoms in total. The number of rotatable bonds is 5. The molecular weight excluding hydrogens is 333 g/mol. The van der Waals surface area contributed by atoms with Crippen molar-refractivity contribution in [2.75, 3.05) is 0 Å². The standard InChI is InChI=1S/C20H26FN3O2/c1-22-18(12-19(25)23(2)20(22)26)14-24(17-6-4-3-5-7-17)13-15-8-10-16(21)11-9-15/h8-12,17H,3-7,13-14H2,1-2H3. The maximum Gasteiger partial charge on any atom is 0.330 e. The summed E-state index contributed by atoms with van der Waals surface area (Å²) in [6, 6.07) is 8.50. The molecule has 3 rings (SSSR count). The molecule has 1 aliphatic carbocycles. The summed E-state index contributed by atoms with van der Waals surface area (Å²) >= 11 is 0. The van der Waals surface area contributed by atoms with Crippen molar-refractivity contribution in [3.63, 3.8) is 0 Å². The van der Waals surface area contributed by atoms with Gasteiger partial charge in [0, 0.05) is 45.0 Å². The van der Waals surface area contributed by atoms with Crippen molar-refractivity contribution in [3.8, 4) is 0 Å². The van der Waals surface area contributed by atoms with Crippen LogP contribution in [0.15, 0.2) is 39.9 Å². The van der Waals surface area contributed by atoms with Crippen LogP contribution in [-0.4, -0.2) is 20.1 Å². The van der Waals surface area contributed by atoms with Crippen molar-refractivity contribution in [1.29, 1.82) is 0 Å². The Morgan fingerprint density at radius 1 is 1.00 bits per heavy atom. The number of hydrogen-bond acceptors (Lipinski definition) is 3. The minimum absolute atomic E-state index is 0.244. The fraction of sp³-hybridized carbons (Fsp3) is 0.500. The zero-order chi connectivity index (χ0) is 18.7. The van der Waals surface area contributed by atoms with Gasteiger partial charge in [0.2, 0.25) is 0 Å². The van der Waals surface area contributed by atoms with Gasteiger partial charge in [0.1, 0.15) is 5.82 Å². The summed E-state index contributed by atoms with van der Waals surface area (Å²) in [6.45, 7) is 1.21. The zero-order valence-electron chi connectivity index (χ0n) is 15.4. The first-order valence-electron chi connectivity index (χ1n) is 9.20. The molecule has 0 bridgehead atoms. The van der Waals surface area contributed by atoms with E-state index in [2.05, 4.69) is 4.90 Å². The van der Waals surface area contributed by atoms with Gasteiger partial charge in [0.05, 0.1) is 0 Å². The molecule has 1 fully saturated rings. The predicted molar refractivity (Wildman–Crippen MR) is 99.4 cm³/mol. The van der Waals surface area contributed by atoms with Crippen LogP contribution >= 0.6 is 0 Å². The Labute approximate surface area is 152 Å². The molecule has 26 heavy (non-hydrogen) atoms. The molecule has 6 heteroatoms. The summed E-state index contributed by atoms with van der Waals surface area (Å²) in [5.41, 5.74) is 1.16. The van der Waals surface area contributed by atoms with Gasteiger partial charge in [-0.05, 0) is 30.5 Å². The molecule has 0 N–H and O–H groups in total. The molecule has 0 aliphatic heterocycles. The summed E-state index contributed by atoms with van der Waals surface area (Å²) in [5.74, 6) is -0.244. The van der Waals surface area contributed by atoms with Crippen molar-refractivity contribution >= 4 is 0 Å². The second-order valence-electron chi connectivity index (χ2n) is 7.20. The first kappa shape index (κ1) is 18.6. The summed E-state index contributed by atoms with van der Waals surface area (Å²) < 4.78 is 15.9. The van der Waals surface area contributed by atoms with Gasteiger partial charge >= 0.3 is 5.69 Å². The van der Waals surface area contributed by atoms with Crippen LogP contribution < -0.4 is 11.2 Å². The van der Waals surface area contributed by atoms with Gasteiger partial charge < -0.3 is 0 Å². The second kappa shape index (κ2) is 7.99. The highest BCUT2D eigenvalue weighted by atomic mass is 19.1. The fourth-order valence-electron chi connectivity index (χ4n) is 3.72. The van der Waals surface area contributed by atoms with Gasteiger partial charge in [-0.3, -0.25) is 18.8 Å². The van der Waals surface area contributed by atoms with Crippen molar-refractivity contribution in [1.82, 2.24) is 14.0 Å². The van der Waals surface area contributed by atoms with Crippen molar-refractivity contribution in [2.45, 2.75) is 51.2 Å². The Morgan fingerprint density at radius 2 is 1.65 bits per heavy atom. The first-order chi connectivity index (χ1) is 12.5. The van der Waals surface area contributed by atoms with Crippen LogP contribution in [-0.2, 0) is 27.2 Å².